The zero-order valence-corrected chi connectivity index (χ0v) is 5.90. The van der Waals surface area contributed by atoms with Gasteiger partial charge in [-0.2, -0.15) is 12.6 Å². The zero-order valence-electron chi connectivity index (χ0n) is 5.01. The third kappa shape index (κ3) is 1.39. The molecule has 1 unspecified atom stereocenters. The molecule has 2 N–H and O–H groups in total. The van der Waals surface area contributed by atoms with E-state index in [0.717, 1.165) is 0 Å². The smallest absolute Gasteiger partial charge is 0.0168 e. The minimum absolute atomic E-state index is 0.368. The van der Waals surface area contributed by atoms with Crippen LogP contribution in [0.3, 0.4) is 0 Å². The maximum absolute atomic E-state index is 5.70. The van der Waals surface area contributed by atoms with Crippen LogP contribution < -0.4 is 5.73 Å². The molecule has 0 amide bonds. The summed E-state index contributed by atoms with van der Waals surface area (Å²) in [4.78, 5) is 0. The first-order chi connectivity index (χ1) is 3.80. The largest absolute Gasteiger partial charge is 0.327 e. The number of hydrogen-bond acceptors (Lipinski definition) is 2. The highest BCUT2D eigenvalue weighted by atomic mass is 32.1. The highest BCUT2D eigenvalue weighted by Crippen LogP contribution is 2.20. The summed E-state index contributed by atoms with van der Waals surface area (Å²) in [6, 6.07) is 0.368. The second-order valence-corrected chi connectivity index (χ2v) is 3.18. The van der Waals surface area contributed by atoms with E-state index in [4.69, 9.17) is 5.73 Å². The summed E-state index contributed by atoms with van der Waals surface area (Å²) >= 11 is 4.33. The second kappa shape index (κ2) is 2.74. The molecular weight excluding hydrogens is 118 g/mol. The Morgan fingerprint density at radius 3 is 2.25 bits per heavy atom. The fraction of sp³-hybridized carbons (Fsp3) is 1.00. The van der Waals surface area contributed by atoms with Crippen molar-refractivity contribution in [1.82, 2.24) is 0 Å². The maximum Gasteiger partial charge on any atom is 0.0168 e. The lowest BCUT2D eigenvalue weighted by atomic mass is 9.96. The minimum Gasteiger partial charge on any atom is -0.327 e. The average Bonchev–Trinajstić information content (AvgIpc) is 1.77. The fourth-order valence-electron chi connectivity index (χ4n) is 1.14. The summed E-state index contributed by atoms with van der Waals surface area (Å²) in [5.74, 6) is 0. The van der Waals surface area contributed by atoms with Gasteiger partial charge in [0.15, 0.2) is 0 Å². The zero-order chi connectivity index (χ0) is 5.98. The van der Waals surface area contributed by atoms with Gasteiger partial charge in [-0.25, -0.2) is 0 Å². The molecule has 1 fully saturated rings. The van der Waals surface area contributed by atoms with E-state index in [1.54, 1.807) is 0 Å². The molecule has 0 aromatic rings. The Morgan fingerprint density at radius 1 is 1.25 bits per heavy atom. The van der Waals surface area contributed by atoms with Crippen LogP contribution in [0.2, 0.25) is 0 Å². The third-order valence-electron chi connectivity index (χ3n) is 1.78. The molecule has 0 aliphatic heterocycles. The lowest BCUT2D eigenvalue weighted by Crippen LogP contribution is -2.33. The quantitative estimate of drug-likeness (QED) is 0.474. The van der Waals surface area contributed by atoms with Crippen LogP contribution >= 0.6 is 12.6 Å². The molecule has 1 nitrogen and oxygen atoms in total. The molecule has 48 valence electrons. The average molecular weight is 131 g/mol. The SMILES string of the molecule is NC1CCCC[C@@H]1S. The first-order valence-corrected chi connectivity index (χ1v) is 3.76. The summed E-state index contributed by atoms with van der Waals surface area (Å²) in [5, 5.41) is 0.476. The van der Waals surface area contributed by atoms with Gasteiger partial charge >= 0.3 is 0 Å². The molecular formula is C6H13NS. The summed E-state index contributed by atoms with van der Waals surface area (Å²) in [5.41, 5.74) is 5.70. The summed E-state index contributed by atoms with van der Waals surface area (Å²) in [7, 11) is 0. The van der Waals surface area contributed by atoms with Gasteiger partial charge in [0.25, 0.3) is 0 Å². The number of hydrogen-bond donors (Lipinski definition) is 2. The number of thiol groups is 1. The van der Waals surface area contributed by atoms with Crippen molar-refractivity contribution < 1.29 is 0 Å². The second-order valence-electron chi connectivity index (χ2n) is 2.52. The summed E-state index contributed by atoms with van der Waals surface area (Å²) < 4.78 is 0. The predicted molar refractivity (Wildman–Crippen MR) is 39.2 cm³/mol. The van der Waals surface area contributed by atoms with E-state index in [-0.39, 0.29) is 0 Å². The van der Waals surface area contributed by atoms with E-state index in [2.05, 4.69) is 12.6 Å². The molecule has 0 aromatic carbocycles. The molecule has 8 heavy (non-hydrogen) atoms. The Morgan fingerprint density at radius 2 is 1.88 bits per heavy atom. The molecule has 1 aliphatic carbocycles. The summed E-state index contributed by atoms with van der Waals surface area (Å²) in [6.45, 7) is 0. The van der Waals surface area contributed by atoms with Gasteiger partial charge in [-0.3, -0.25) is 0 Å². The molecule has 0 aromatic heterocycles. The van der Waals surface area contributed by atoms with Crippen LogP contribution in [0.4, 0.5) is 0 Å². The van der Waals surface area contributed by atoms with Crippen molar-refractivity contribution in [2.75, 3.05) is 0 Å². The Kier molecular flexibility index (Phi) is 2.20. The van der Waals surface area contributed by atoms with Crippen LogP contribution in [0.5, 0.6) is 0 Å². The van der Waals surface area contributed by atoms with Crippen molar-refractivity contribution in [3.63, 3.8) is 0 Å². The Hall–Kier alpha value is 0.310. The van der Waals surface area contributed by atoms with Crippen LogP contribution in [-0.4, -0.2) is 11.3 Å². The van der Waals surface area contributed by atoms with Gasteiger partial charge in [-0.05, 0) is 12.8 Å². The van der Waals surface area contributed by atoms with Crippen LogP contribution in [0.15, 0.2) is 0 Å². The topological polar surface area (TPSA) is 26.0 Å². The molecule has 1 rings (SSSR count). The lowest BCUT2D eigenvalue weighted by Gasteiger charge is -2.23. The molecule has 0 spiro atoms. The van der Waals surface area contributed by atoms with Gasteiger partial charge in [-0.1, -0.05) is 12.8 Å². The Labute approximate surface area is 56.1 Å². The highest BCUT2D eigenvalue weighted by molar-refractivity contribution is 7.81. The third-order valence-corrected chi connectivity index (χ3v) is 2.42. The van der Waals surface area contributed by atoms with Crippen molar-refractivity contribution in [2.45, 2.75) is 37.0 Å². The van der Waals surface area contributed by atoms with Crippen molar-refractivity contribution in [3.05, 3.63) is 0 Å². The monoisotopic (exact) mass is 131 g/mol. The first-order valence-electron chi connectivity index (χ1n) is 3.24. The van der Waals surface area contributed by atoms with Crippen molar-refractivity contribution >= 4 is 12.6 Å². The normalized spacial score (nSPS) is 39.8. The standard InChI is InChI=1S/C6H13NS/c7-5-3-1-2-4-6(5)8/h5-6,8H,1-4,7H2/t5?,6-/m0/s1. The molecule has 0 heterocycles. The van der Waals surface area contributed by atoms with Crippen LogP contribution in [0.1, 0.15) is 25.7 Å². The maximum atomic E-state index is 5.70. The van der Waals surface area contributed by atoms with Crippen LogP contribution in [0, 0.1) is 0 Å². The van der Waals surface area contributed by atoms with Crippen molar-refractivity contribution in [2.24, 2.45) is 5.73 Å². The van der Waals surface area contributed by atoms with Gasteiger partial charge in [0.1, 0.15) is 0 Å². The van der Waals surface area contributed by atoms with Gasteiger partial charge in [0.2, 0.25) is 0 Å². The van der Waals surface area contributed by atoms with E-state index in [0.29, 0.717) is 11.3 Å². The Balaban J connectivity index is 2.28. The van der Waals surface area contributed by atoms with E-state index < -0.39 is 0 Å². The minimum atomic E-state index is 0.368. The van der Waals surface area contributed by atoms with Gasteiger partial charge in [0.05, 0.1) is 0 Å². The van der Waals surface area contributed by atoms with Gasteiger partial charge in [-0.15, -0.1) is 0 Å². The van der Waals surface area contributed by atoms with E-state index in [1.165, 1.54) is 25.7 Å². The molecule has 2 atom stereocenters. The van der Waals surface area contributed by atoms with Gasteiger partial charge < -0.3 is 5.73 Å². The highest BCUT2D eigenvalue weighted by Gasteiger charge is 2.16. The Bertz CT molecular complexity index is 64.9. The van der Waals surface area contributed by atoms with E-state index in [1.807, 2.05) is 0 Å². The summed E-state index contributed by atoms with van der Waals surface area (Å²) in [6.07, 6.45) is 5.01. The number of rotatable bonds is 0. The molecule has 1 aliphatic rings. The molecule has 2 heteroatoms. The predicted octanol–water partition coefficient (Wildman–Crippen LogP) is 1.19. The first kappa shape index (κ1) is 6.43. The molecule has 1 saturated carbocycles. The number of nitrogens with two attached hydrogens (primary N) is 1. The van der Waals surface area contributed by atoms with Crippen LogP contribution in [0.25, 0.3) is 0 Å². The van der Waals surface area contributed by atoms with Crippen molar-refractivity contribution in [1.29, 1.82) is 0 Å². The lowest BCUT2D eigenvalue weighted by molar-refractivity contribution is 0.455. The molecule has 0 saturated heterocycles. The van der Waals surface area contributed by atoms with E-state index in [9.17, 15) is 0 Å². The molecule has 0 radical (unpaired) electrons. The van der Waals surface area contributed by atoms with Gasteiger partial charge in [0, 0.05) is 11.3 Å². The van der Waals surface area contributed by atoms with Crippen LogP contribution in [-0.2, 0) is 0 Å². The fourth-order valence-corrected chi connectivity index (χ4v) is 1.47. The van der Waals surface area contributed by atoms with E-state index >= 15 is 0 Å². The molecule has 0 bridgehead atoms. The van der Waals surface area contributed by atoms with Crippen molar-refractivity contribution in [3.8, 4) is 0 Å².